The van der Waals surface area contributed by atoms with Crippen LogP contribution >= 0.6 is 11.6 Å². The molecule has 1 atom stereocenters. The van der Waals surface area contributed by atoms with Gasteiger partial charge < -0.3 is 5.32 Å². The van der Waals surface area contributed by atoms with Crippen molar-refractivity contribution in [3.05, 3.63) is 47.0 Å². The Morgan fingerprint density at radius 1 is 1.33 bits per heavy atom. The standard InChI is InChI=1S/C10H11ClN4/c1-12-9(10-13-6-14-15-10)7-2-4-8(11)5-3-7/h2-6,9,12H,1H3,(H,13,14,15). The maximum absolute atomic E-state index is 5.83. The zero-order valence-corrected chi connectivity index (χ0v) is 8.99. The van der Waals surface area contributed by atoms with Crippen molar-refractivity contribution >= 4 is 11.6 Å². The van der Waals surface area contributed by atoms with Crippen LogP contribution in [0.15, 0.2) is 30.6 Å². The van der Waals surface area contributed by atoms with Crippen molar-refractivity contribution in [1.82, 2.24) is 20.5 Å². The van der Waals surface area contributed by atoms with Gasteiger partial charge in [0.25, 0.3) is 0 Å². The third kappa shape index (κ3) is 2.16. The number of rotatable bonds is 3. The monoisotopic (exact) mass is 222 g/mol. The lowest BCUT2D eigenvalue weighted by Crippen LogP contribution is -2.18. The van der Waals surface area contributed by atoms with Gasteiger partial charge >= 0.3 is 0 Å². The van der Waals surface area contributed by atoms with E-state index in [-0.39, 0.29) is 6.04 Å². The maximum atomic E-state index is 5.83. The Balaban J connectivity index is 2.31. The molecule has 0 aliphatic carbocycles. The Morgan fingerprint density at radius 3 is 2.60 bits per heavy atom. The van der Waals surface area contributed by atoms with Crippen LogP contribution in [-0.4, -0.2) is 22.2 Å². The number of H-pyrrole nitrogens is 1. The number of halogens is 1. The molecule has 0 aliphatic rings. The van der Waals surface area contributed by atoms with Crippen molar-refractivity contribution in [2.75, 3.05) is 7.05 Å². The van der Waals surface area contributed by atoms with E-state index in [1.165, 1.54) is 6.33 Å². The van der Waals surface area contributed by atoms with Crippen molar-refractivity contribution in [3.63, 3.8) is 0 Å². The van der Waals surface area contributed by atoms with Gasteiger partial charge in [-0.25, -0.2) is 4.98 Å². The summed E-state index contributed by atoms with van der Waals surface area (Å²) in [6.45, 7) is 0. The molecule has 2 N–H and O–H groups in total. The van der Waals surface area contributed by atoms with Crippen LogP contribution in [0.2, 0.25) is 5.02 Å². The number of hydrogen-bond acceptors (Lipinski definition) is 3. The second kappa shape index (κ2) is 4.42. The van der Waals surface area contributed by atoms with Crippen LogP contribution in [0, 0.1) is 0 Å². The second-order valence-electron chi connectivity index (χ2n) is 3.14. The number of nitrogens with one attached hydrogen (secondary N) is 2. The topological polar surface area (TPSA) is 53.6 Å². The minimum absolute atomic E-state index is 0.0183. The number of aromatic nitrogens is 3. The quantitative estimate of drug-likeness (QED) is 0.832. The predicted molar refractivity (Wildman–Crippen MR) is 58.7 cm³/mol. The molecule has 0 fully saturated rings. The molecule has 1 unspecified atom stereocenters. The summed E-state index contributed by atoms with van der Waals surface area (Å²) in [7, 11) is 1.88. The Hall–Kier alpha value is -1.39. The van der Waals surface area contributed by atoms with Crippen LogP contribution in [0.4, 0.5) is 0 Å². The number of nitrogens with zero attached hydrogens (tertiary/aromatic N) is 2. The van der Waals surface area contributed by atoms with E-state index in [0.29, 0.717) is 0 Å². The summed E-state index contributed by atoms with van der Waals surface area (Å²) in [6.07, 6.45) is 1.50. The van der Waals surface area contributed by atoms with Crippen molar-refractivity contribution in [2.45, 2.75) is 6.04 Å². The molecular formula is C10H11ClN4. The average Bonchev–Trinajstić information content (AvgIpc) is 2.75. The van der Waals surface area contributed by atoms with Gasteiger partial charge in [0.1, 0.15) is 12.2 Å². The van der Waals surface area contributed by atoms with E-state index < -0.39 is 0 Å². The third-order valence-electron chi connectivity index (χ3n) is 2.20. The molecule has 0 radical (unpaired) electrons. The second-order valence-corrected chi connectivity index (χ2v) is 3.58. The minimum Gasteiger partial charge on any atom is -0.307 e. The van der Waals surface area contributed by atoms with Gasteiger partial charge in [-0.15, -0.1) is 0 Å². The Kier molecular flexibility index (Phi) is 2.99. The van der Waals surface area contributed by atoms with Crippen LogP contribution in [0.3, 0.4) is 0 Å². The highest BCUT2D eigenvalue weighted by Gasteiger charge is 2.13. The predicted octanol–water partition coefficient (Wildman–Crippen LogP) is 1.77. The summed E-state index contributed by atoms with van der Waals surface area (Å²) < 4.78 is 0. The zero-order valence-electron chi connectivity index (χ0n) is 8.24. The molecule has 1 aromatic heterocycles. The highest BCUT2D eigenvalue weighted by atomic mass is 35.5. The minimum atomic E-state index is 0.0183. The summed E-state index contributed by atoms with van der Waals surface area (Å²) >= 11 is 5.83. The van der Waals surface area contributed by atoms with Gasteiger partial charge in [-0.2, -0.15) is 5.10 Å². The molecule has 2 rings (SSSR count). The Labute approximate surface area is 92.7 Å². The first-order valence-electron chi connectivity index (χ1n) is 4.59. The molecule has 0 aliphatic heterocycles. The SMILES string of the molecule is CNC(c1ccc(Cl)cc1)c1ncn[nH]1. The summed E-state index contributed by atoms with van der Waals surface area (Å²) in [5, 5.41) is 10.6. The summed E-state index contributed by atoms with van der Waals surface area (Å²) in [6, 6.07) is 7.66. The molecule has 0 saturated carbocycles. The molecule has 0 bridgehead atoms. The normalized spacial score (nSPS) is 12.7. The molecule has 4 nitrogen and oxygen atoms in total. The fraction of sp³-hybridized carbons (Fsp3) is 0.200. The average molecular weight is 223 g/mol. The summed E-state index contributed by atoms with van der Waals surface area (Å²) in [5.74, 6) is 0.792. The van der Waals surface area contributed by atoms with E-state index in [1.807, 2.05) is 31.3 Å². The van der Waals surface area contributed by atoms with Crippen molar-refractivity contribution in [2.24, 2.45) is 0 Å². The highest BCUT2D eigenvalue weighted by Crippen LogP contribution is 2.19. The Morgan fingerprint density at radius 2 is 2.07 bits per heavy atom. The van der Waals surface area contributed by atoms with E-state index in [0.717, 1.165) is 16.4 Å². The first-order valence-corrected chi connectivity index (χ1v) is 4.97. The maximum Gasteiger partial charge on any atom is 0.145 e. The van der Waals surface area contributed by atoms with E-state index in [9.17, 15) is 0 Å². The third-order valence-corrected chi connectivity index (χ3v) is 2.45. The molecule has 1 heterocycles. The smallest absolute Gasteiger partial charge is 0.145 e. The van der Waals surface area contributed by atoms with Crippen LogP contribution in [0.1, 0.15) is 17.4 Å². The van der Waals surface area contributed by atoms with E-state index >= 15 is 0 Å². The van der Waals surface area contributed by atoms with Gasteiger partial charge in [0.15, 0.2) is 0 Å². The lowest BCUT2D eigenvalue weighted by Gasteiger charge is -2.13. The molecule has 15 heavy (non-hydrogen) atoms. The van der Waals surface area contributed by atoms with Crippen LogP contribution in [-0.2, 0) is 0 Å². The molecule has 0 spiro atoms. The molecule has 1 aromatic carbocycles. The number of aromatic amines is 1. The fourth-order valence-corrected chi connectivity index (χ4v) is 1.60. The van der Waals surface area contributed by atoms with Crippen molar-refractivity contribution in [3.8, 4) is 0 Å². The molecule has 0 amide bonds. The molecule has 2 aromatic rings. The summed E-state index contributed by atoms with van der Waals surface area (Å²) in [4.78, 5) is 4.12. The van der Waals surface area contributed by atoms with Gasteiger partial charge in [-0.05, 0) is 24.7 Å². The van der Waals surface area contributed by atoms with Crippen molar-refractivity contribution < 1.29 is 0 Å². The fourth-order valence-electron chi connectivity index (χ4n) is 1.47. The van der Waals surface area contributed by atoms with Gasteiger partial charge in [0.05, 0.1) is 6.04 Å². The van der Waals surface area contributed by atoms with Gasteiger partial charge in [-0.1, -0.05) is 23.7 Å². The van der Waals surface area contributed by atoms with Crippen LogP contribution in [0.25, 0.3) is 0 Å². The molecule has 78 valence electrons. The van der Waals surface area contributed by atoms with Crippen LogP contribution in [0.5, 0.6) is 0 Å². The zero-order chi connectivity index (χ0) is 10.7. The van der Waals surface area contributed by atoms with Crippen LogP contribution < -0.4 is 5.32 Å². The number of benzene rings is 1. The number of hydrogen-bond donors (Lipinski definition) is 2. The lowest BCUT2D eigenvalue weighted by atomic mass is 10.1. The van der Waals surface area contributed by atoms with Gasteiger partial charge in [0, 0.05) is 5.02 Å². The largest absolute Gasteiger partial charge is 0.307 e. The first-order chi connectivity index (χ1) is 7.31. The Bertz CT molecular complexity index is 409. The molecule has 0 saturated heterocycles. The van der Waals surface area contributed by atoms with E-state index in [1.54, 1.807) is 0 Å². The van der Waals surface area contributed by atoms with E-state index in [2.05, 4.69) is 20.5 Å². The highest BCUT2D eigenvalue weighted by molar-refractivity contribution is 6.30. The molecule has 5 heteroatoms. The molecular weight excluding hydrogens is 212 g/mol. The van der Waals surface area contributed by atoms with Gasteiger partial charge in [-0.3, -0.25) is 5.10 Å². The van der Waals surface area contributed by atoms with E-state index in [4.69, 9.17) is 11.6 Å². The summed E-state index contributed by atoms with van der Waals surface area (Å²) in [5.41, 5.74) is 1.10. The first kappa shape index (κ1) is 10.1. The lowest BCUT2D eigenvalue weighted by molar-refractivity contribution is 0.650. The van der Waals surface area contributed by atoms with Crippen molar-refractivity contribution in [1.29, 1.82) is 0 Å². The van der Waals surface area contributed by atoms with Gasteiger partial charge in [0.2, 0.25) is 0 Å².